The van der Waals surface area contributed by atoms with Gasteiger partial charge in [0.2, 0.25) is 5.60 Å². The van der Waals surface area contributed by atoms with E-state index in [1.807, 2.05) is 0 Å². The first-order valence-corrected chi connectivity index (χ1v) is 4.24. The number of hydrogen-bond acceptors (Lipinski definition) is 4. The zero-order valence-corrected chi connectivity index (χ0v) is 7.62. The summed E-state index contributed by atoms with van der Waals surface area (Å²) in [7, 11) is 0. The lowest BCUT2D eigenvalue weighted by Crippen LogP contribution is -2.49. The van der Waals surface area contributed by atoms with Crippen molar-refractivity contribution in [2.75, 3.05) is 33.0 Å². The molecule has 1 aliphatic rings. The van der Waals surface area contributed by atoms with Gasteiger partial charge in [0.15, 0.2) is 0 Å². The fourth-order valence-electron chi connectivity index (χ4n) is 1.18. The van der Waals surface area contributed by atoms with Crippen LogP contribution < -0.4 is 0 Å². The molecule has 0 radical (unpaired) electrons. The number of carbonyl (C=O) groups is 1. The van der Waals surface area contributed by atoms with Crippen molar-refractivity contribution in [3.8, 4) is 0 Å². The smallest absolute Gasteiger partial charge is 0.340 e. The van der Waals surface area contributed by atoms with E-state index in [4.69, 9.17) is 19.3 Å². The van der Waals surface area contributed by atoms with Crippen LogP contribution in [0.15, 0.2) is 0 Å². The van der Waals surface area contributed by atoms with Crippen LogP contribution in [0, 0.1) is 0 Å². The van der Waals surface area contributed by atoms with E-state index >= 15 is 0 Å². The van der Waals surface area contributed by atoms with Gasteiger partial charge in [0.05, 0.1) is 26.4 Å². The molecule has 0 aromatic rings. The van der Waals surface area contributed by atoms with E-state index in [0.29, 0.717) is 19.8 Å². The minimum absolute atomic E-state index is 0.0518. The highest BCUT2D eigenvalue weighted by Gasteiger charge is 2.41. The number of carboxylic acids is 1. The SMILES string of the molecule is CCOC1(C(=O)O)COCCOC1. The summed E-state index contributed by atoms with van der Waals surface area (Å²) < 4.78 is 15.3. The molecule has 0 spiro atoms. The molecule has 0 aliphatic carbocycles. The van der Waals surface area contributed by atoms with E-state index in [0.717, 1.165) is 0 Å². The first-order chi connectivity index (χ1) is 6.21. The standard InChI is InChI=1S/C8H14O5/c1-2-13-8(7(9)10)5-11-3-4-12-6-8/h2-6H2,1H3,(H,9,10). The van der Waals surface area contributed by atoms with Crippen LogP contribution in [0.3, 0.4) is 0 Å². The van der Waals surface area contributed by atoms with Crippen LogP contribution in [0.1, 0.15) is 6.92 Å². The Kier molecular flexibility index (Phi) is 3.65. The second-order valence-corrected chi connectivity index (χ2v) is 2.84. The first-order valence-electron chi connectivity index (χ1n) is 4.24. The Labute approximate surface area is 76.6 Å². The summed E-state index contributed by atoms with van der Waals surface area (Å²) >= 11 is 0. The van der Waals surface area contributed by atoms with Crippen LogP contribution in [0.25, 0.3) is 0 Å². The summed E-state index contributed by atoms with van der Waals surface area (Å²) in [5.41, 5.74) is -1.31. The van der Waals surface area contributed by atoms with Crippen molar-refractivity contribution >= 4 is 5.97 Å². The maximum absolute atomic E-state index is 10.9. The van der Waals surface area contributed by atoms with Crippen LogP contribution in [-0.2, 0) is 19.0 Å². The average molecular weight is 190 g/mol. The third-order valence-electron chi connectivity index (χ3n) is 1.85. The molecule has 1 saturated heterocycles. The molecule has 5 heteroatoms. The van der Waals surface area contributed by atoms with Gasteiger partial charge in [-0.2, -0.15) is 0 Å². The van der Waals surface area contributed by atoms with E-state index in [1.54, 1.807) is 6.92 Å². The lowest BCUT2D eigenvalue weighted by atomic mass is 10.1. The molecule has 0 saturated carbocycles. The zero-order chi connectivity index (χ0) is 9.73. The molecule has 1 aliphatic heterocycles. The minimum Gasteiger partial charge on any atom is -0.479 e. The summed E-state index contributed by atoms with van der Waals surface area (Å²) in [4.78, 5) is 10.9. The molecular weight excluding hydrogens is 176 g/mol. The van der Waals surface area contributed by atoms with Crippen molar-refractivity contribution in [3.63, 3.8) is 0 Å². The Morgan fingerprint density at radius 3 is 2.38 bits per heavy atom. The second-order valence-electron chi connectivity index (χ2n) is 2.84. The predicted molar refractivity (Wildman–Crippen MR) is 43.6 cm³/mol. The third kappa shape index (κ3) is 2.40. The van der Waals surface area contributed by atoms with Crippen molar-refractivity contribution in [3.05, 3.63) is 0 Å². The molecule has 0 aromatic carbocycles. The monoisotopic (exact) mass is 190 g/mol. The van der Waals surface area contributed by atoms with Gasteiger partial charge in [0, 0.05) is 6.61 Å². The van der Waals surface area contributed by atoms with Crippen LogP contribution in [-0.4, -0.2) is 49.7 Å². The van der Waals surface area contributed by atoms with Gasteiger partial charge < -0.3 is 19.3 Å². The van der Waals surface area contributed by atoms with Gasteiger partial charge in [-0.15, -0.1) is 0 Å². The van der Waals surface area contributed by atoms with Crippen molar-refractivity contribution < 1.29 is 24.1 Å². The van der Waals surface area contributed by atoms with Crippen LogP contribution in [0.2, 0.25) is 0 Å². The molecule has 76 valence electrons. The Hall–Kier alpha value is -0.650. The molecule has 1 heterocycles. The van der Waals surface area contributed by atoms with Gasteiger partial charge >= 0.3 is 5.97 Å². The highest BCUT2D eigenvalue weighted by molar-refractivity contribution is 5.78. The number of ether oxygens (including phenoxy) is 3. The van der Waals surface area contributed by atoms with E-state index < -0.39 is 11.6 Å². The van der Waals surface area contributed by atoms with Gasteiger partial charge in [-0.1, -0.05) is 0 Å². The molecule has 0 bridgehead atoms. The van der Waals surface area contributed by atoms with E-state index in [1.165, 1.54) is 0 Å². The molecule has 0 atom stereocenters. The van der Waals surface area contributed by atoms with Crippen LogP contribution in [0.4, 0.5) is 0 Å². The first kappa shape index (κ1) is 10.4. The summed E-state index contributed by atoms with van der Waals surface area (Å²) in [6, 6.07) is 0. The second kappa shape index (κ2) is 4.55. The largest absolute Gasteiger partial charge is 0.479 e. The maximum Gasteiger partial charge on any atom is 0.340 e. The van der Waals surface area contributed by atoms with E-state index in [-0.39, 0.29) is 13.2 Å². The van der Waals surface area contributed by atoms with E-state index in [9.17, 15) is 4.79 Å². The maximum atomic E-state index is 10.9. The highest BCUT2D eigenvalue weighted by Crippen LogP contribution is 2.15. The predicted octanol–water partition coefficient (Wildman–Crippen LogP) is -0.107. The molecule has 1 N–H and O–H groups in total. The number of hydrogen-bond donors (Lipinski definition) is 1. The van der Waals surface area contributed by atoms with Crippen molar-refractivity contribution in [1.29, 1.82) is 0 Å². The third-order valence-corrected chi connectivity index (χ3v) is 1.85. The molecule has 1 rings (SSSR count). The van der Waals surface area contributed by atoms with Gasteiger partial charge in [0.1, 0.15) is 0 Å². The molecule has 13 heavy (non-hydrogen) atoms. The summed E-state index contributed by atoms with van der Waals surface area (Å²) in [5.74, 6) is -1.03. The zero-order valence-electron chi connectivity index (χ0n) is 7.62. The lowest BCUT2D eigenvalue weighted by molar-refractivity contribution is -0.177. The van der Waals surface area contributed by atoms with Gasteiger partial charge in [-0.25, -0.2) is 4.79 Å². The lowest BCUT2D eigenvalue weighted by Gasteiger charge is -2.25. The van der Waals surface area contributed by atoms with Crippen molar-refractivity contribution in [2.45, 2.75) is 12.5 Å². The Morgan fingerprint density at radius 2 is 2.00 bits per heavy atom. The highest BCUT2D eigenvalue weighted by atomic mass is 16.6. The average Bonchev–Trinajstić information content (AvgIpc) is 2.31. The Bertz CT molecular complexity index is 171. The Morgan fingerprint density at radius 1 is 1.46 bits per heavy atom. The molecule has 0 amide bonds. The van der Waals surface area contributed by atoms with Crippen molar-refractivity contribution in [2.24, 2.45) is 0 Å². The summed E-state index contributed by atoms with van der Waals surface area (Å²) in [6.07, 6.45) is 0. The topological polar surface area (TPSA) is 65.0 Å². The van der Waals surface area contributed by atoms with Crippen LogP contribution >= 0.6 is 0 Å². The molecule has 1 fully saturated rings. The summed E-state index contributed by atoms with van der Waals surface area (Å²) in [6.45, 7) is 3.02. The normalized spacial score (nSPS) is 22.2. The molecule has 5 nitrogen and oxygen atoms in total. The number of rotatable bonds is 3. The van der Waals surface area contributed by atoms with Crippen LogP contribution in [0.5, 0.6) is 0 Å². The number of aliphatic carboxylic acids is 1. The fourth-order valence-corrected chi connectivity index (χ4v) is 1.18. The fraction of sp³-hybridized carbons (Fsp3) is 0.875. The van der Waals surface area contributed by atoms with E-state index in [2.05, 4.69) is 0 Å². The van der Waals surface area contributed by atoms with Gasteiger partial charge in [0.25, 0.3) is 0 Å². The molecule has 0 unspecified atom stereocenters. The van der Waals surface area contributed by atoms with Gasteiger partial charge in [-0.3, -0.25) is 0 Å². The van der Waals surface area contributed by atoms with Crippen molar-refractivity contribution in [1.82, 2.24) is 0 Å². The van der Waals surface area contributed by atoms with Gasteiger partial charge in [-0.05, 0) is 6.92 Å². The Balaban J connectivity index is 2.67. The molecular formula is C8H14O5. The molecule has 0 aromatic heterocycles. The quantitative estimate of drug-likeness (QED) is 0.672. The summed E-state index contributed by atoms with van der Waals surface area (Å²) in [5, 5.41) is 8.96. The minimum atomic E-state index is -1.31. The number of carboxylic acid groups (broad SMARTS) is 1.